The lowest BCUT2D eigenvalue weighted by molar-refractivity contribution is -0.386. The first-order chi connectivity index (χ1) is 11.1. The minimum absolute atomic E-state index is 0.131. The van der Waals surface area contributed by atoms with Gasteiger partial charge in [-0.15, -0.1) is 0 Å². The van der Waals surface area contributed by atoms with Crippen molar-refractivity contribution in [1.29, 1.82) is 0 Å². The number of esters is 1. The van der Waals surface area contributed by atoms with E-state index < -0.39 is 34.7 Å². The lowest BCUT2D eigenvalue weighted by atomic mass is 10.0. The quantitative estimate of drug-likeness (QED) is 0.474. The zero-order valence-electron chi connectivity index (χ0n) is 13.8. The first-order valence-electron chi connectivity index (χ1n) is 7.05. The zero-order valence-corrected chi connectivity index (χ0v) is 13.8. The first-order valence-corrected chi connectivity index (χ1v) is 7.05. The number of aliphatic hydroxyl groups excluding tert-OH is 1. The van der Waals surface area contributed by atoms with Gasteiger partial charge in [0, 0.05) is 6.07 Å². The third-order valence-corrected chi connectivity index (χ3v) is 2.90. The van der Waals surface area contributed by atoms with Gasteiger partial charge in [0.1, 0.15) is 11.7 Å². The molecule has 0 unspecified atom stereocenters. The molecule has 24 heavy (non-hydrogen) atoms. The fourth-order valence-corrected chi connectivity index (χ4v) is 1.91. The molecule has 0 saturated heterocycles. The highest BCUT2D eigenvalue weighted by molar-refractivity contribution is 5.82. The highest BCUT2D eigenvalue weighted by Crippen LogP contribution is 2.27. The van der Waals surface area contributed by atoms with Crippen LogP contribution in [0.5, 0.6) is 0 Å². The number of benzene rings is 1. The van der Waals surface area contributed by atoms with E-state index in [1.807, 2.05) is 0 Å². The number of amides is 1. The number of nitrogens with one attached hydrogen (secondary N) is 1. The average molecular weight is 340 g/mol. The van der Waals surface area contributed by atoms with Crippen molar-refractivity contribution in [3.05, 3.63) is 39.9 Å². The Kier molecular flexibility index (Phi) is 6.24. The topological polar surface area (TPSA) is 128 Å². The summed E-state index contributed by atoms with van der Waals surface area (Å²) in [6.07, 6.45) is -2.65. The molecule has 1 rings (SSSR count). The average Bonchev–Trinajstić information content (AvgIpc) is 2.49. The lowest BCUT2D eigenvalue weighted by Gasteiger charge is -2.25. The second-order valence-corrected chi connectivity index (χ2v) is 5.91. The van der Waals surface area contributed by atoms with E-state index >= 15 is 0 Å². The number of para-hydroxylation sites is 1. The molecule has 0 saturated carbocycles. The highest BCUT2D eigenvalue weighted by atomic mass is 16.6. The number of methoxy groups -OCH3 is 1. The number of rotatable bonds is 5. The highest BCUT2D eigenvalue weighted by Gasteiger charge is 2.35. The third-order valence-electron chi connectivity index (χ3n) is 2.90. The summed E-state index contributed by atoms with van der Waals surface area (Å²) in [5, 5.41) is 23.6. The van der Waals surface area contributed by atoms with Crippen LogP contribution in [-0.2, 0) is 14.3 Å². The fourth-order valence-electron chi connectivity index (χ4n) is 1.91. The number of nitro groups is 1. The molecule has 9 heteroatoms. The molecule has 0 fully saturated rings. The Bertz CT molecular complexity index is 624. The van der Waals surface area contributed by atoms with Crippen molar-refractivity contribution in [2.45, 2.75) is 38.5 Å². The van der Waals surface area contributed by atoms with E-state index in [4.69, 9.17) is 4.74 Å². The Morgan fingerprint density at radius 3 is 2.38 bits per heavy atom. The summed E-state index contributed by atoms with van der Waals surface area (Å²) in [5.74, 6) is -0.966. The van der Waals surface area contributed by atoms with Gasteiger partial charge in [0.15, 0.2) is 6.04 Å². The van der Waals surface area contributed by atoms with Crippen LogP contribution in [0.1, 0.15) is 32.4 Å². The number of nitro benzene ring substituents is 1. The molecule has 0 aliphatic rings. The van der Waals surface area contributed by atoms with Gasteiger partial charge in [-0.05, 0) is 26.8 Å². The molecule has 0 heterocycles. The number of aliphatic hydroxyl groups is 1. The Morgan fingerprint density at radius 1 is 1.29 bits per heavy atom. The summed E-state index contributed by atoms with van der Waals surface area (Å²) < 4.78 is 9.57. The summed E-state index contributed by atoms with van der Waals surface area (Å²) in [7, 11) is 1.07. The van der Waals surface area contributed by atoms with Gasteiger partial charge < -0.3 is 19.9 Å². The predicted octanol–water partition coefficient (Wildman–Crippen LogP) is 1.69. The van der Waals surface area contributed by atoms with E-state index in [1.165, 1.54) is 24.3 Å². The first kappa shape index (κ1) is 19.4. The molecular formula is C15H20N2O7. The van der Waals surface area contributed by atoms with Gasteiger partial charge in [0.25, 0.3) is 5.69 Å². The van der Waals surface area contributed by atoms with Crippen LogP contribution >= 0.6 is 0 Å². The molecule has 132 valence electrons. The molecule has 9 nitrogen and oxygen atoms in total. The maximum Gasteiger partial charge on any atom is 0.408 e. The largest absolute Gasteiger partial charge is 0.467 e. The monoisotopic (exact) mass is 340 g/mol. The van der Waals surface area contributed by atoms with Gasteiger partial charge in [0.05, 0.1) is 17.6 Å². The summed E-state index contributed by atoms with van der Waals surface area (Å²) in [6, 6.07) is 3.79. The van der Waals surface area contributed by atoms with Crippen molar-refractivity contribution in [3.63, 3.8) is 0 Å². The van der Waals surface area contributed by atoms with Crippen LogP contribution < -0.4 is 5.32 Å². The summed E-state index contributed by atoms with van der Waals surface area (Å²) in [4.78, 5) is 34.1. The fraction of sp³-hybridized carbons (Fsp3) is 0.467. The number of alkyl carbamates (subject to hydrolysis) is 1. The SMILES string of the molecule is COC(=O)[C@@H](NC(=O)OC(C)(C)C)[C@@H](O)c1ccccc1[N+](=O)[O-]. The van der Waals surface area contributed by atoms with E-state index in [2.05, 4.69) is 10.1 Å². The summed E-state index contributed by atoms with van der Waals surface area (Å²) in [5.41, 5.74) is -1.34. The van der Waals surface area contributed by atoms with E-state index in [0.717, 1.165) is 7.11 Å². The molecule has 0 aromatic heterocycles. The van der Waals surface area contributed by atoms with Crippen LogP contribution in [0.25, 0.3) is 0 Å². The van der Waals surface area contributed by atoms with Gasteiger partial charge in [-0.1, -0.05) is 12.1 Å². The van der Waals surface area contributed by atoms with Gasteiger partial charge in [-0.3, -0.25) is 10.1 Å². The Balaban J connectivity index is 3.11. The summed E-state index contributed by atoms with van der Waals surface area (Å²) >= 11 is 0. The van der Waals surface area contributed by atoms with Crippen molar-refractivity contribution in [2.75, 3.05) is 7.11 Å². The second kappa shape index (κ2) is 7.73. The van der Waals surface area contributed by atoms with Crippen molar-refractivity contribution < 1.29 is 29.1 Å². The Hall–Kier alpha value is -2.68. The van der Waals surface area contributed by atoms with E-state index in [1.54, 1.807) is 20.8 Å². The number of carbonyl (C=O) groups excluding carboxylic acids is 2. The van der Waals surface area contributed by atoms with Crippen molar-refractivity contribution >= 4 is 17.7 Å². The molecule has 0 aliphatic carbocycles. The lowest BCUT2D eigenvalue weighted by Crippen LogP contribution is -2.47. The minimum atomic E-state index is -1.69. The molecule has 0 aliphatic heterocycles. The third kappa shape index (κ3) is 5.20. The summed E-state index contributed by atoms with van der Waals surface area (Å²) in [6.45, 7) is 4.87. The molecule has 2 atom stereocenters. The van der Waals surface area contributed by atoms with Crippen LogP contribution in [0.15, 0.2) is 24.3 Å². The van der Waals surface area contributed by atoms with Crippen LogP contribution in [0.3, 0.4) is 0 Å². The maximum absolute atomic E-state index is 11.9. The van der Waals surface area contributed by atoms with Crippen LogP contribution in [0.4, 0.5) is 10.5 Å². The molecule has 0 spiro atoms. The molecule has 1 aromatic rings. The molecule has 1 amide bonds. The molecule has 1 aromatic carbocycles. The van der Waals surface area contributed by atoms with Gasteiger partial charge in [-0.2, -0.15) is 0 Å². The predicted molar refractivity (Wildman–Crippen MR) is 83.2 cm³/mol. The number of hydrogen-bond donors (Lipinski definition) is 2. The second-order valence-electron chi connectivity index (χ2n) is 5.91. The van der Waals surface area contributed by atoms with E-state index in [-0.39, 0.29) is 11.3 Å². The minimum Gasteiger partial charge on any atom is -0.467 e. The Morgan fingerprint density at radius 2 is 1.88 bits per heavy atom. The molecular weight excluding hydrogens is 320 g/mol. The van der Waals surface area contributed by atoms with Crippen molar-refractivity contribution in [3.8, 4) is 0 Å². The maximum atomic E-state index is 11.9. The van der Waals surface area contributed by atoms with Gasteiger partial charge in [-0.25, -0.2) is 9.59 Å². The molecule has 2 N–H and O–H groups in total. The number of ether oxygens (including phenoxy) is 2. The zero-order chi connectivity index (χ0) is 18.5. The molecule has 0 bridgehead atoms. The van der Waals surface area contributed by atoms with Crippen molar-refractivity contribution in [2.24, 2.45) is 0 Å². The van der Waals surface area contributed by atoms with E-state index in [9.17, 15) is 24.8 Å². The normalized spacial score (nSPS) is 13.5. The van der Waals surface area contributed by atoms with Crippen LogP contribution in [0, 0.1) is 10.1 Å². The van der Waals surface area contributed by atoms with Crippen molar-refractivity contribution in [1.82, 2.24) is 5.32 Å². The van der Waals surface area contributed by atoms with Gasteiger partial charge >= 0.3 is 12.1 Å². The smallest absolute Gasteiger partial charge is 0.408 e. The number of nitrogens with zero attached hydrogens (tertiary/aromatic N) is 1. The van der Waals surface area contributed by atoms with Crippen LogP contribution in [0.2, 0.25) is 0 Å². The number of hydrogen-bond acceptors (Lipinski definition) is 7. The Labute approximate surface area is 138 Å². The standard InChI is InChI=1S/C15H20N2O7/c1-15(2,3)24-14(20)16-11(13(19)23-4)12(18)9-7-5-6-8-10(9)17(21)22/h5-8,11-12,18H,1-4H3,(H,16,20)/t11-,12-/m0/s1. The van der Waals surface area contributed by atoms with Gasteiger partial charge in [0.2, 0.25) is 0 Å². The van der Waals surface area contributed by atoms with Crippen LogP contribution in [-0.4, -0.2) is 40.8 Å². The molecule has 0 radical (unpaired) electrons. The van der Waals surface area contributed by atoms with E-state index in [0.29, 0.717) is 0 Å². The number of carbonyl (C=O) groups is 2.